The first-order chi connectivity index (χ1) is 9.90. The first-order valence-corrected chi connectivity index (χ1v) is 8.19. The predicted molar refractivity (Wildman–Crippen MR) is 78.3 cm³/mol. The number of sulfonamides is 1. The molecule has 1 aromatic rings. The monoisotopic (exact) mass is 315 g/mol. The third-order valence-corrected chi connectivity index (χ3v) is 5.49. The predicted octanol–water partition coefficient (Wildman–Crippen LogP) is 1.50. The lowest BCUT2D eigenvalue weighted by atomic mass is 10.2. The summed E-state index contributed by atoms with van der Waals surface area (Å²) in [6.45, 7) is 4.44. The van der Waals surface area contributed by atoms with Gasteiger partial charge in [-0.1, -0.05) is 0 Å². The summed E-state index contributed by atoms with van der Waals surface area (Å²) in [6.07, 6.45) is -0.115. The molecule has 0 aromatic heterocycles. The largest absolute Gasteiger partial charge is 0.493 e. The van der Waals surface area contributed by atoms with Crippen molar-refractivity contribution in [2.75, 3.05) is 27.4 Å². The highest BCUT2D eigenvalue weighted by atomic mass is 32.2. The highest BCUT2D eigenvalue weighted by Crippen LogP contribution is 2.31. The van der Waals surface area contributed by atoms with Crippen LogP contribution in [-0.4, -0.2) is 52.2 Å². The fraction of sp³-hybridized carbons (Fsp3) is 0.571. The molecule has 0 radical (unpaired) electrons. The molecule has 2 rings (SSSR count). The van der Waals surface area contributed by atoms with Crippen LogP contribution in [0.4, 0.5) is 0 Å². The van der Waals surface area contributed by atoms with Crippen LogP contribution in [0.15, 0.2) is 23.1 Å². The van der Waals surface area contributed by atoms with Gasteiger partial charge in [-0.05, 0) is 26.0 Å². The summed E-state index contributed by atoms with van der Waals surface area (Å²) in [5.41, 5.74) is 0. The maximum atomic E-state index is 12.8. The smallest absolute Gasteiger partial charge is 0.243 e. The lowest BCUT2D eigenvalue weighted by molar-refractivity contribution is -0.0170. The minimum absolute atomic E-state index is 0.115. The third kappa shape index (κ3) is 3.14. The van der Waals surface area contributed by atoms with Crippen LogP contribution < -0.4 is 9.47 Å². The van der Waals surface area contributed by atoms with Crippen molar-refractivity contribution in [3.63, 3.8) is 0 Å². The number of hydrogen-bond donors (Lipinski definition) is 0. The van der Waals surface area contributed by atoms with Crippen LogP contribution in [0.25, 0.3) is 0 Å². The van der Waals surface area contributed by atoms with Crippen LogP contribution in [0.1, 0.15) is 13.8 Å². The van der Waals surface area contributed by atoms with Gasteiger partial charge in [0.1, 0.15) is 0 Å². The van der Waals surface area contributed by atoms with Gasteiger partial charge in [0.25, 0.3) is 0 Å². The number of nitrogens with zero attached hydrogens (tertiary/aromatic N) is 1. The minimum Gasteiger partial charge on any atom is -0.493 e. The van der Waals surface area contributed by atoms with Crippen molar-refractivity contribution in [3.05, 3.63) is 18.2 Å². The molecule has 1 fully saturated rings. The first-order valence-electron chi connectivity index (χ1n) is 6.75. The molecule has 0 spiro atoms. The Bertz CT molecular complexity index is 601. The van der Waals surface area contributed by atoms with E-state index in [1.165, 1.54) is 30.7 Å². The zero-order chi connectivity index (χ0) is 15.6. The Morgan fingerprint density at radius 2 is 1.86 bits per heavy atom. The van der Waals surface area contributed by atoms with Crippen molar-refractivity contribution >= 4 is 10.0 Å². The Labute approximate surface area is 125 Å². The van der Waals surface area contributed by atoms with Crippen molar-refractivity contribution < 1.29 is 22.6 Å². The molecule has 6 nitrogen and oxygen atoms in total. The molecule has 1 aliphatic rings. The number of benzene rings is 1. The summed E-state index contributed by atoms with van der Waals surface area (Å²) in [5.74, 6) is 0.896. The highest BCUT2D eigenvalue weighted by molar-refractivity contribution is 7.89. The molecule has 21 heavy (non-hydrogen) atoms. The van der Waals surface area contributed by atoms with Crippen molar-refractivity contribution in [2.45, 2.75) is 30.9 Å². The lowest BCUT2D eigenvalue weighted by Crippen LogP contribution is -2.50. The third-order valence-electron chi connectivity index (χ3n) is 3.51. The van der Waals surface area contributed by atoms with E-state index in [-0.39, 0.29) is 17.0 Å². The van der Waals surface area contributed by atoms with Crippen molar-refractivity contribution in [1.29, 1.82) is 0 Å². The average Bonchev–Trinajstić information content (AvgIpc) is 2.48. The van der Waals surface area contributed by atoms with E-state index in [0.29, 0.717) is 24.7 Å². The molecule has 118 valence electrons. The fourth-order valence-corrected chi connectivity index (χ4v) is 4.03. The number of morpholine rings is 1. The molecular formula is C14H21NO5S. The second-order valence-electron chi connectivity index (χ2n) is 5.08. The number of methoxy groups -OCH3 is 2. The van der Waals surface area contributed by atoms with E-state index >= 15 is 0 Å². The molecule has 0 saturated carbocycles. The van der Waals surface area contributed by atoms with Gasteiger partial charge >= 0.3 is 0 Å². The van der Waals surface area contributed by atoms with Crippen molar-refractivity contribution in [3.8, 4) is 11.5 Å². The maximum absolute atomic E-state index is 12.8. The van der Waals surface area contributed by atoms with Gasteiger partial charge in [-0.15, -0.1) is 0 Å². The van der Waals surface area contributed by atoms with E-state index < -0.39 is 10.0 Å². The Kier molecular flexibility index (Phi) is 4.75. The molecule has 0 bridgehead atoms. The molecule has 7 heteroatoms. The zero-order valence-electron chi connectivity index (χ0n) is 12.7. The van der Waals surface area contributed by atoms with Crippen LogP contribution in [0.3, 0.4) is 0 Å². The van der Waals surface area contributed by atoms with Gasteiger partial charge in [-0.3, -0.25) is 0 Å². The topological polar surface area (TPSA) is 65.1 Å². The van der Waals surface area contributed by atoms with E-state index in [0.717, 1.165) is 0 Å². The van der Waals surface area contributed by atoms with Gasteiger partial charge in [0, 0.05) is 18.7 Å². The normalized spacial score (nSPS) is 23.8. The molecule has 2 atom stereocenters. The summed E-state index contributed by atoms with van der Waals surface area (Å²) in [7, 11) is -0.592. The quantitative estimate of drug-likeness (QED) is 0.842. The van der Waals surface area contributed by atoms with Crippen molar-refractivity contribution in [1.82, 2.24) is 4.31 Å². The molecule has 1 saturated heterocycles. The van der Waals surface area contributed by atoms with Gasteiger partial charge in [0.05, 0.1) is 31.8 Å². The average molecular weight is 315 g/mol. The standard InChI is InChI=1S/C14H21NO5S/c1-10-9-20-11(2)8-15(10)21(16,17)12-5-6-13(18-3)14(7-12)19-4/h5-7,10-11H,8-9H2,1-4H3/t10-,11+/m0/s1. The maximum Gasteiger partial charge on any atom is 0.243 e. The Hall–Kier alpha value is -1.31. The summed E-state index contributed by atoms with van der Waals surface area (Å²) in [6, 6.07) is 4.42. The number of hydrogen-bond acceptors (Lipinski definition) is 5. The molecule has 0 N–H and O–H groups in total. The van der Waals surface area contributed by atoms with E-state index in [1.54, 1.807) is 6.07 Å². The summed E-state index contributed by atoms with van der Waals surface area (Å²) in [4.78, 5) is 0.195. The first kappa shape index (κ1) is 16.1. The van der Waals surface area contributed by atoms with Crippen molar-refractivity contribution in [2.24, 2.45) is 0 Å². The Morgan fingerprint density at radius 3 is 2.48 bits per heavy atom. The summed E-state index contributed by atoms with van der Waals surface area (Å²) in [5, 5.41) is 0. The second kappa shape index (κ2) is 6.21. The van der Waals surface area contributed by atoms with E-state index in [1.807, 2.05) is 13.8 Å². The van der Waals surface area contributed by atoms with Gasteiger partial charge in [-0.25, -0.2) is 8.42 Å². The van der Waals surface area contributed by atoms with Gasteiger partial charge in [0.2, 0.25) is 10.0 Å². The second-order valence-corrected chi connectivity index (χ2v) is 6.98. The zero-order valence-corrected chi connectivity index (χ0v) is 13.5. The van der Waals surface area contributed by atoms with Gasteiger partial charge < -0.3 is 14.2 Å². The fourth-order valence-electron chi connectivity index (χ4n) is 2.32. The number of ether oxygens (including phenoxy) is 3. The van der Waals surface area contributed by atoms with Crippen LogP contribution in [-0.2, 0) is 14.8 Å². The van der Waals surface area contributed by atoms with Crippen LogP contribution in [0, 0.1) is 0 Å². The van der Waals surface area contributed by atoms with Gasteiger partial charge in [-0.2, -0.15) is 4.31 Å². The molecule has 0 unspecified atom stereocenters. The molecule has 1 aliphatic heterocycles. The Balaban J connectivity index is 2.39. The summed E-state index contributed by atoms with van der Waals surface area (Å²) < 4.78 is 42.8. The van der Waals surface area contributed by atoms with Crippen LogP contribution >= 0.6 is 0 Å². The van der Waals surface area contributed by atoms with E-state index in [4.69, 9.17) is 14.2 Å². The molecule has 0 aliphatic carbocycles. The lowest BCUT2D eigenvalue weighted by Gasteiger charge is -2.35. The van der Waals surface area contributed by atoms with Crippen LogP contribution in [0.5, 0.6) is 11.5 Å². The summed E-state index contributed by atoms with van der Waals surface area (Å²) >= 11 is 0. The van der Waals surface area contributed by atoms with Crippen LogP contribution in [0.2, 0.25) is 0 Å². The molecular weight excluding hydrogens is 294 g/mol. The SMILES string of the molecule is COc1ccc(S(=O)(=O)N2C[C@@H](C)OC[C@@H]2C)cc1OC. The van der Waals surface area contributed by atoms with E-state index in [9.17, 15) is 8.42 Å². The molecule has 1 heterocycles. The van der Waals surface area contributed by atoms with E-state index in [2.05, 4.69) is 0 Å². The number of rotatable bonds is 4. The molecule has 1 aromatic carbocycles. The Morgan fingerprint density at radius 1 is 1.19 bits per heavy atom. The molecule has 0 amide bonds. The van der Waals surface area contributed by atoms with Gasteiger partial charge in [0.15, 0.2) is 11.5 Å². The minimum atomic E-state index is -3.58. The highest BCUT2D eigenvalue weighted by Gasteiger charge is 2.34.